The first-order valence-corrected chi connectivity index (χ1v) is 10.5. The second-order valence-corrected chi connectivity index (χ2v) is 7.53. The molecular formula is C17H34N8O4S. The number of amides is 3. The van der Waals surface area contributed by atoms with Crippen molar-refractivity contribution in [3.8, 4) is 0 Å². The summed E-state index contributed by atoms with van der Waals surface area (Å²) in [4.78, 5) is 50.8. The zero-order valence-corrected chi connectivity index (χ0v) is 18.1. The number of hydrogen-bond acceptors (Lipinski definition) is 10. The number of thiol groups is 1. The number of carbonyl (C=O) groups excluding carboxylic acids is 4. The second kappa shape index (κ2) is 13.5. The highest BCUT2D eigenvalue weighted by atomic mass is 32.1. The maximum absolute atomic E-state index is 13.1. The van der Waals surface area contributed by atoms with Crippen LogP contribution in [0.15, 0.2) is 0 Å². The Balaban J connectivity index is 2.83. The van der Waals surface area contributed by atoms with Crippen LogP contribution in [-0.2, 0) is 19.2 Å². The maximum atomic E-state index is 13.1. The summed E-state index contributed by atoms with van der Waals surface area (Å²) in [6.07, 6.45) is 1.29. The number of rotatable bonds is 13. The molecule has 0 radical (unpaired) electrons. The van der Waals surface area contributed by atoms with E-state index in [-0.39, 0.29) is 24.0 Å². The molecule has 13 heteroatoms. The molecule has 3 amide bonds. The molecule has 10 N–H and O–H groups in total. The van der Waals surface area contributed by atoms with E-state index in [1.54, 1.807) is 0 Å². The van der Waals surface area contributed by atoms with Crippen molar-refractivity contribution in [1.82, 2.24) is 26.3 Å². The average Bonchev–Trinajstić information content (AvgIpc) is 3.17. The summed E-state index contributed by atoms with van der Waals surface area (Å²) in [6, 6.07) is -2.25. The number of ketones is 1. The van der Waals surface area contributed by atoms with Gasteiger partial charge in [0.05, 0.1) is 12.6 Å². The first kappa shape index (κ1) is 26.3. The highest BCUT2D eigenvalue weighted by Crippen LogP contribution is 2.20. The average molecular weight is 447 g/mol. The number of hydrogen-bond donors (Lipinski definition) is 8. The molecule has 0 bridgehead atoms. The maximum Gasteiger partial charge on any atom is 0.245 e. The first-order chi connectivity index (χ1) is 14.2. The molecule has 0 aromatic heterocycles. The molecule has 30 heavy (non-hydrogen) atoms. The molecule has 0 spiro atoms. The molecule has 0 aromatic rings. The topological polar surface area (TPSA) is 198 Å². The Labute approximate surface area is 181 Å². The van der Waals surface area contributed by atoms with Crippen LogP contribution in [0.5, 0.6) is 0 Å². The molecule has 12 nitrogen and oxygen atoms in total. The zero-order valence-electron chi connectivity index (χ0n) is 17.2. The van der Waals surface area contributed by atoms with Crippen LogP contribution in [-0.4, -0.2) is 78.2 Å². The van der Waals surface area contributed by atoms with Crippen molar-refractivity contribution in [2.45, 2.75) is 57.0 Å². The Bertz CT molecular complexity index is 606. The predicted molar refractivity (Wildman–Crippen MR) is 115 cm³/mol. The van der Waals surface area contributed by atoms with Gasteiger partial charge in [0.1, 0.15) is 18.4 Å². The largest absolute Gasteiger partial charge is 0.344 e. The van der Waals surface area contributed by atoms with Gasteiger partial charge in [-0.15, -0.1) is 0 Å². The SMILES string of the molecule is CC(=O)[C@H](CS)NC(=O)[C@@H]1CCCN1C(=O)[C@H](CCCNC(N)N)NC(=O)CNN. The van der Waals surface area contributed by atoms with Crippen molar-refractivity contribution in [2.75, 3.05) is 25.4 Å². The molecule has 1 aliphatic heterocycles. The van der Waals surface area contributed by atoms with Gasteiger partial charge in [0.2, 0.25) is 17.7 Å². The normalized spacial score (nSPS) is 18.2. The van der Waals surface area contributed by atoms with Crippen LogP contribution in [0.4, 0.5) is 0 Å². The molecule has 1 fully saturated rings. The second-order valence-electron chi connectivity index (χ2n) is 7.17. The van der Waals surface area contributed by atoms with Crippen molar-refractivity contribution in [1.29, 1.82) is 0 Å². The van der Waals surface area contributed by atoms with E-state index in [0.717, 1.165) is 0 Å². The van der Waals surface area contributed by atoms with Crippen LogP contribution < -0.4 is 38.7 Å². The summed E-state index contributed by atoms with van der Waals surface area (Å²) < 4.78 is 0. The monoisotopic (exact) mass is 446 g/mol. The molecule has 0 unspecified atom stereocenters. The summed E-state index contributed by atoms with van der Waals surface area (Å²) in [5.41, 5.74) is 13.1. The number of likely N-dealkylation sites (tertiary alicyclic amines) is 1. The van der Waals surface area contributed by atoms with Gasteiger partial charge >= 0.3 is 0 Å². The minimum Gasteiger partial charge on any atom is -0.344 e. The number of Topliss-reactive ketones (excluding diaryl/α,β-unsaturated/α-hetero) is 1. The van der Waals surface area contributed by atoms with Crippen molar-refractivity contribution < 1.29 is 19.2 Å². The number of carbonyl (C=O) groups is 4. The number of nitrogens with two attached hydrogens (primary N) is 3. The Kier molecular flexibility index (Phi) is 11.8. The highest BCUT2D eigenvalue weighted by molar-refractivity contribution is 7.80. The number of hydrazine groups is 1. The fourth-order valence-electron chi connectivity index (χ4n) is 3.22. The molecule has 1 saturated heterocycles. The molecule has 0 aromatic carbocycles. The van der Waals surface area contributed by atoms with Gasteiger partial charge in [0.25, 0.3) is 0 Å². The Morgan fingerprint density at radius 2 is 1.87 bits per heavy atom. The van der Waals surface area contributed by atoms with E-state index in [0.29, 0.717) is 38.8 Å². The van der Waals surface area contributed by atoms with Gasteiger partial charge in [-0.2, -0.15) is 12.6 Å². The third kappa shape index (κ3) is 8.53. The van der Waals surface area contributed by atoms with Gasteiger partial charge in [-0.3, -0.25) is 35.8 Å². The van der Waals surface area contributed by atoms with E-state index >= 15 is 0 Å². The van der Waals surface area contributed by atoms with Crippen LogP contribution >= 0.6 is 12.6 Å². The lowest BCUT2D eigenvalue weighted by Crippen LogP contribution is -2.56. The molecule has 3 atom stereocenters. The summed E-state index contributed by atoms with van der Waals surface area (Å²) in [5, 5.41) is 8.13. The summed E-state index contributed by atoms with van der Waals surface area (Å²) >= 11 is 4.08. The van der Waals surface area contributed by atoms with Crippen molar-refractivity contribution in [3.05, 3.63) is 0 Å². The molecule has 0 aliphatic carbocycles. The molecule has 0 saturated carbocycles. The van der Waals surface area contributed by atoms with E-state index < -0.39 is 36.2 Å². The first-order valence-electron chi connectivity index (χ1n) is 9.90. The lowest BCUT2D eigenvalue weighted by atomic mass is 10.1. The van der Waals surface area contributed by atoms with Gasteiger partial charge in [-0.05, 0) is 39.2 Å². The Morgan fingerprint density at radius 3 is 2.43 bits per heavy atom. The van der Waals surface area contributed by atoms with Crippen molar-refractivity contribution in [2.24, 2.45) is 17.3 Å². The number of nitrogens with one attached hydrogen (secondary N) is 4. The van der Waals surface area contributed by atoms with E-state index in [4.69, 9.17) is 17.3 Å². The molecule has 1 rings (SSSR count). The molecule has 1 aliphatic rings. The summed E-state index contributed by atoms with van der Waals surface area (Å²) in [5.74, 6) is 3.93. The van der Waals surface area contributed by atoms with Crippen LogP contribution in [0.1, 0.15) is 32.6 Å². The van der Waals surface area contributed by atoms with E-state index in [1.165, 1.54) is 11.8 Å². The fraction of sp³-hybridized carbons (Fsp3) is 0.765. The van der Waals surface area contributed by atoms with Gasteiger partial charge in [-0.25, -0.2) is 0 Å². The summed E-state index contributed by atoms with van der Waals surface area (Å²) in [7, 11) is 0. The zero-order chi connectivity index (χ0) is 22.7. The third-order valence-corrected chi connectivity index (χ3v) is 5.14. The Hall–Kier alpha value is -1.77. The molecule has 172 valence electrons. The Morgan fingerprint density at radius 1 is 1.17 bits per heavy atom. The van der Waals surface area contributed by atoms with Gasteiger partial charge in [0, 0.05) is 12.3 Å². The predicted octanol–water partition coefficient (Wildman–Crippen LogP) is -3.50. The van der Waals surface area contributed by atoms with E-state index in [1.807, 2.05) is 0 Å². The minimum atomic E-state index is -0.830. The lowest BCUT2D eigenvalue weighted by molar-refractivity contribution is -0.142. The smallest absolute Gasteiger partial charge is 0.245 e. The van der Waals surface area contributed by atoms with Crippen LogP contribution in [0.25, 0.3) is 0 Å². The molecule has 1 heterocycles. The third-order valence-electron chi connectivity index (χ3n) is 4.77. The number of nitrogens with zero attached hydrogens (tertiary/aromatic N) is 1. The minimum absolute atomic E-state index is 0.151. The van der Waals surface area contributed by atoms with Crippen LogP contribution in [0, 0.1) is 0 Å². The van der Waals surface area contributed by atoms with Crippen molar-refractivity contribution >= 4 is 36.1 Å². The van der Waals surface area contributed by atoms with E-state index in [2.05, 4.69) is 34.0 Å². The summed E-state index contributed by atoms with van der Waals surface area (Å²) in [6.45, 7) is 2.06. The van der Waals surface area contributed by atoms with Crippen LogP contribution in [0.2, 0.25) is 0 Å². The van der Waals surface area contributed by atoms with Gasteiger partial charge in [-0.1, -0.05) is 0 Å². The quantitative estimate of drug-likeness (QED) is 0.0465. The highest BCUT2D eigenvalue weighted by Gasteiger charge is 2.38. The van der Waals surface area contributed by atoms with Crippen LogP contribution in [0.3, 0.4) is 0 Å². The van der Waals surface area contributed by atoms with Crippen molar-refractivity contribution in [3.63, 3.8) is 0 Å². The standard InChI is InChI=1S/C17H34N8O4S/c1-10(26)12(9-30)24-15(28)13-5-3-7-25(13)16(29)11(23-14(27)8-22-20)4-2-6-21-17(18)19/h11-13,17,21-22,30H,2-9,18-20H2,1H3,(H,23,27)(H,24,28)/t11-,12-,13-/m0/s1. The van der Waals surface area contributed by atoms with Gasteiger partial charge < -0.3 is 27.0 Å². The lowest BCUT2D eigenvalue weighted by Gasteiger charge is -2.29. The molecular weight excluding hydrogens is 412 g/mol. The fourth-order valence-corrected chi connectivity index (χ4v) is 3.57. The van der Waals surface area contributed by atoms with Gasteiger partial charge in [0.15, 0.2) is 5.78 Å². The van der Waals surface area contributed by atoms with E-state index in [9.17, 15) is 19.2 Å².